The van der Waals surface area contributed by atoms with Gasteiger partial charge in [0.25, 0.3) is 5.91 Å². The first-order valence-corrected chi connectivity index (χ1v) is 8.21. The largest absolute Gasteiger partial charge is 0.573 e. The van der Waals surface area contributed by atoms with Crippen LogP contribution in [0.25, 0.3) is 11.0 Å². The molecule has 0 atom stereocenters. The van der Waals surface area contributed by atoms with Crippen molar-refractivity contribution in [3.05, 3.63) is 53.6 Å². The first-order chi connectivity index (χ1) is 12.8. The average Bonchev–Trinajstić information content (AvgIpc) is 3.03. The predicted octanol–water partition coefficient (Wildman–Crippen LogP) is 3.62. The van der Waals surface area contributed by atoms with E-state index in [0.717, 1.165) is 5.52 Å². The lowest BCUT2D eigenvalue weighted by Gasteiger charge is -2.20. The number of fused-ring (bicyclic) bond motifs is 1. The zero-order valence-electron chi connectivity index (χ0n) is 14.7. The van der Waals surface area contributed by atoms with E-state index in [0.29, 0.717) is 17.6 Å². The van der Waals surface area contributed by atoms with Gasteiger partial charge in [-0.05, 0) is 31.2 Å². The number of halogens is 3. The number of carbonyl (C=O) groups is 1. The number of para-hydroxylation sites is 1. The van der Waals surface area contributed by atoms with Crippen LogP contribution in [0.5, 0.6) is 5.75 Å². The maximum atomic E-state index is 12.7. The summed E-state index contributed by atoms with van der Waals surface area (Å²) in [6, 6.07) is 10.8. The number of benzene rings is 2. The fourth-order valence-corrected chi connectivity index (χ4v) is 2.75. The zero-order chi connectivity index (χ0) is 19.6. The Morgan fingerprint density at radius 2 is 1.96 bits per heavy atom. The highest BCUT2D eigenvalue weighted by Gasteiger charge is 2.32. The molecular formula is C18H17F3N4O2. The van der Waals surface area contributed by atoms with Crippen molar-refractivity contribution in [3.8, 4) is 5.75 Å². The van der Waals surface area contributed by atoms with Gasteiger partial charge < -0.3 is 9.64 Å². The molecule has 0 bridgehead atoms. The van der Waals surface area contributed by atoms with Gasteiger partial charge >= 0.3 is 6.36 Å². The molecule has 1 heterocycles. The normalized spacial score (nSPS) is 11.6. The Bertz CT molecular complexity index is 969. The van der Waals surface area contributed by atoms with E-state index in [1.54, 1.807) is 28.9 Å². The van der Waals surface area contributed by atoms with Crippen molar-refractivity contribution in [2.45, 2.75) is 26.4 Å². The molecule has 0 N–H and O–H groups in total. The molecule has 0 aliphatic rings. The number of aryl methyl sites for hydroxylation is 1. The molecule has 0 spiro atoms. The molecule has 0 saturated heterocycles. The summed E-state index contributed by atoms with van der Waals surface area (Å²) in [6.07, 6.45) is -4.80. The van der Waals surface area contributed by atoms with Crippen LogP contribution in [0.15, 0.2) is 42.5 Å². The van der Waals surface area contributed by atoms with Crippen molar-refractivity contribution in [2.75, 3.05) is 7.05 Å². The summed E-state index contributed by atoms with van der Waals surface area (Å²) in [5.41, 5.74) is 2.02. The fourth-order valence-electron chi connectivity index (χ4n) is 2.75. The van der Waals surface area contributed by atoms with E-state index in [2.05, 4.69) is 15.0 Å². The lowest BCUT2D eigenvalue weighted by atomic mass is 10.1. The molecule has 1 aromatic heterocycles. The molecule has 0 aliphatic heterocycles. The molecule has 3 aromatic rings. The lowest BCUT2D eigenvalue weighted by molar-refractivity contribution is -0.275. The van der Waals surface area contributed by atoms with Gasteiger partial charge in [-0.3, -0.25) is 4.79 Å². The van der Waals surface area contributed by atoms with Crippen LogP contribution in [0, 0.1) is 0 Å². The van der Waals surface area contributed by atoms with Gasteiger partial charge in [0.1, 0.15) is 11.3 Å². The number of carbonyl (C=O) groups excluding carboxylic acids is 1. The van der Waals surface area contributed by atoms with Gasteiger partial charge in [-0.1, -0.05) is 23.4 Å². The second kappa shape index (κ2) is 7.26. The molecule has 0 radical (unpaired) electrons. The maximum absolute atomic E-state index is 12.7. The molecule has 0 saturated carbocycles. The molecule has 2 aromatic carbocycles. The second-order valence-electron chi connectivity index (χ2n) is 5.93. The molecule has 1 amide bonds. The Hall–Kier alpha value is -3.10. The first kappa shape index (κ1) is 18.7. The molecule has 0 aliphatic carbocycles. The van der Waals surface area contributed by atoms with Crippen molar-refractivity contribution in [3.63, 3.8) is 0 Å². The maximum Gasteiger partial charge on any atom is 0.573 e. The Labute approximate surface area is 153 Å². The van der Waals surface area contributed by atoms with Crippen LogP contribution in [0.3, 0.4) is 0 Å². The highest BCUT2D eigenvalue weighted by Crippen LogP contribution is 2.27. The van der Waals surface area contributed by atoms with Gasteiger partial charge in [-0.15, -0.1) is 18.3 Å². The standard InChI is InChI=1S/C18H17F3N4O2/c1-3-25-15-9-8-12(10-14(15)22-23-25)17(26)24(2)11-13-6-4-5-7-16(13)27-18(19,20)21/h4-10H,3,11H2,1-2H3. The summed E-state index contributed by atoms with van der Waals surface area (Å²) in [4.78, 5) is 14.0. The van der Waals surface area contributed by atoms with E-state index in [4.69, 9.17) is 0 Å². The van der Waals surface area contributed by atoms with Crippen molar-refractivity contribution >= 4 is 16.9 Å². The van der Waals surface area contributed by atoms with Crippen LogP contribution in [-0.4, -0.2) is 39.2 Å². The molecule has 0 fully saturated rings. The van der Waals surface area contributed by atoms with Crippen LogP contribution in [0.4, 0.5) is 13.2 Å². The number of rotatable bonds is 5. The molecule has 142 valence electrons. The highest BCUT2D eigenvalue weighted by molar-refractivity contribution is 5.97. The van der Waals surface area contributed by atoms with Crippen LogP contribution >= 0.6 is 0 Å². The molecule has 0 unspecified atom stereocenters. The number of nitrogens with zero attached hydrogens (tertiary/aromatic N) is 4. The summed E-state index contributed by atoms with van der Waals surface area (Å²) in [5, 5.41) is 8.02. The SMILES string of the molecule is CCn1nnc2cc(C(=O)N(C)Cc3ccccc3OC(F)(F)F)ccc21. The van der Waals surface area contributed by atoms with E-state index in [1.165, 1.54) is 30.1 Å². The summed E-state index contributed by atoms with van der Waals surface area (Å²) in [5.74, 6) is -0.671. The van der Waals surface area contributed by atoms with E-state index in [9.17, 15) is 18.0 Å². The number of hydrogen-bond acceptors (Lipinski definition) is 4. The van der Waals surface area contributed by atoms with E-state index < -0.39 is 6.36 Å². The van der Waals surface area contributed by atoms with Gasteiger partial charge in [-0.25, -0.2) is 4.68 Å². The van der Waals surface area contributed by atoms with Crippen molar-refractivity contribution in [1.82, 2.24) is 19.9 Å². The van der Waals surface area contributed by atoms with Crippen molar-refractivity contribution in [1.29, 1.82) is 0 Å². The van der Waals surface area contributed by atoms with E-state index in [1.807, 2.05) is 6.92 Å². The molecular weight excluding hydrogens is 361 g/mol. The van der Waals surface area contributed by atoms with E-state index >= 15 is 0 Å². The van der Waals surface area contributed by atoms with Crippen LogP contribution in [0.1, 0.15) is 22.8 Å². The lowest BCUT2D eigenvalue weighted by Crippen LogP contribution is -2.27. The third-order valence-electron chi connectivity index (χ3n) is 4.01. The zero-order valence-corrected chi connectivity index (χ0v) is 14.7. The highest BCUT2D eigenvalue weighted by atomic mass is 19.4. The minimum Gasteiger partial charge on any atom is -0.405 e. The summed E-state index contributed by atoms with van der Waals surface area (Å²) >= 11 is 0. The Morgan fingerprint density at radius 3 is 2.67 bits per heavy atom. The summed E-state index contributed by atoms with van der Waals surface area (Å²) in [6.45, 7) is 2.55. The fraction of sp³-hybridized carbons (Fsp3) is 0.278. The second-order valence-corrected chi connectivity index (χ2v) is 5.93. The number of ether oxygens (including phenoxy) is 1. The average molecular weight is 378 g/mol. The predicted molar refractivity (Wildman–Crippen MR) is 92.1 cm³/mol. The van der Waals surface area contributed by atoms with Crippen molar-refractivity contribution in [2.24, 2.45) is 0 Å². The summed E-state index contributed by atoms with van der Waals surface area (Å²) < 4.78 is 43.4. The van der Waals surface area contributed by atoms with Crippen LogP contribution in [0.2, 0.25) is 0 Å². The molecule has 9 heteroatoms. The van der Waals surface area contributed by atoms with Gasteiger partial charge in [0.2, 0.25) is 0 Å². The van der Waals surface area contributed by atoms with Crippen LogP contribution < -0.4 is 4.74 Å². The first-order valence-electron chi connectivity index (χ1n) is 8.21. The minimum absolute atomic E-state index is 0.0369. The number of amides is 1. The Balaban J connectivity index is 1.80. The number of hydrogen-bond donors (Lipinski definition) is 0. The van der Waals surface area contributed by atoms with Gasteiger partial charge in [0, 0.05) is 31.3 Å². The van der Waals surface area contributed by atoms with Crippen LogP contribution in [-0.2, 0) is 13.1 Å². The molecule has 3 rings (SSSR count). The van der Waals surface area contributed by atoms with Gasteiger partial charge in [0.15, 0.2) is 0 Å². The van der Waals surface area contributed by atoms with Crippen molar-refractivity contribution < 1.29 is 22.7 Å². The monoisotopic (exact) mass is 378 g/mol. The quantitative estimate of drug-likeness (QED) is 0.680. The minimum atomic E-state index is -4.80. The summed E-state index contributed by atoms with van der Waals surface area (Å²) in [7, 11) is 1.51. The smallest absolute Gasteiger partial charge is 0.405 e. The number of aromatic nitrogens is 3. The molecule has 6 nitrogen and oxygen atoms in total. The molecule has 27 heavy (non-hydrogen) atoms. The number of alkyl halides is 3. The third-order valence-corrected chi connectivity index (χ3v) is 4.01. The Kier molecular flexibility index (Phi) is 5.02. The van der Waals surface area contributed by atoms with Gasteiger partial charge in [0.05, 0.1) is 5.52 Å². The third kappa shape index (κ3) is 4.18. The Morgan fingerprint density at radius 1 is 1.22 bits per heavy atom. The van der Waals surface area contributed by atoms with Gasteiger partial charge in [-0.2, -0.15) is 0 Å². The van der Waals surface area contributed by atoms with E-state index in [-0.39, 0.29) is 23.8 Å². The topological polar surface area (TPSA) is 60.2 Å².